The highest BCUT2D eigenvalue weighted by Crippen LogP contribution is 2.37. The molecule has 0 fully saturated rings. The molecule has 0 spiro atoms. The Bertz CT molecular complexity index is 1200. The lowest BCUT2D eigenvalue weighted by Crippen LogP contribution is -2.14. The maximum Gasteiger partial charge on any atom is 0.255 e. The molecule has 2 N–H and O–H groups in total. The van der Waals surface area contributed by atoms with E-state index < -0.39 is 9.84 Å². The Morgan fingerprint density at radius 1 is 1.00 bits per heavy atom. The summed E-state index contributed by atoms with van der Waals surface area (Å²) in [6.45, 7) is 3.31. The third kappa shape index (κ3) is 4.20. The molecule has 0 radical (unpaired) electrons. The molecule has 0 aliphatic carbocycles. The number of methoxy groups -OCH3 is 1. The Labute approximate surface area is 183 Å². The van der Waals surface area contributed by atoms with E-state index >= 15 is 0 Å². The molecule has 1 amide bonds. The Kier molecular flexibility index (Phi) is 6.19. The highest BCUT2D eigenvalue weighted by Gasteiger charge is 2.25. The van der Waals surface area contributed by atoms with Crippen LogP contribution in [0, 0.1) is 13.8 Å². The third-order valence-corrected chi connectivity index (χ3v) is 7.16. The summed E-state index contributed by atoms with van der Waals surface area (Å²) in [6, 6.07) is 13.9. The van der Waals surface area contributed by atoms with Gasteiger partial charge in [-0.25, -0.2) is 8.42 Å². The minimum atomic E-state index is -4.03. The van der Waals surface area contributed by atoms with E-state index in [9.17, 15) is 18.3 Å². The van der Waals surface area contributed by atoms with Crippen LogP contribution in [0.2, 0.25) is 0 Å². The fourth-order valence-electron chi connectivity index (χ4n) is 2.88. The number of anilines is 1. The topological polar surface area (TPSA) is 92.7 Å². The predicted molar refractivity (Wildman–Crippen MR) is 118 cm³/mol. The largest absolute Gasteiger partial charge is 0.506 e. The normalized spacial score (nSPS) is 11.2. The molecule has 3 aromatic rings. The summed E-state index contributed by atoms with van der Waals surface area (Å²) in [7, 11) is -2.54. The van der Waals surface area contributed by atoms with Gasteiger partial charge in [-0.1, -0.05) is 15.9 Å². The summed E-state index contributed by atoms with van der Waals surface area (Å²) in [5, 5.41) is 13.3. The highest BCUT2D eigenvalue weighted by molar-refractivity contribution is 9.10. The van der Waals surface area contributed by atoms with Crippen LogP contribution in [0.25, 0.3) is 0 Å². The van der Waals surface area contributed by atoms with E-state index in [-0.39, 0.29) is 21.4 Å². The van der Waals surface area contributed by atoms with Crippen molar-refractivity contribution in [1.29, 1.82) is 0 Å². The molecule has 0 saturated heterocycles. The van der Waals surface area contributed by atoms with Crippen LogP contribution >= 0.6 is 15.9 Å². The third-order valence-electron chi connectivity index (χ3n) is 4.84. The van der Waals surface area contributed by atoms with Crippen LogP contribution in [0.5, 0.6) is 11.5 Å². The molecule has 3 rings (SSSR count). The van der Waals surface area contributed by atoms with Crippen LogP contribution in [-0.2, 0) is 9.84 Å². The minimum Gasteiger partial charge on any atom is -0.506 e. The Morgan fingerprint density at radius 3 is 2.17 bits per heavy atom. The molecule has 0 aliphatic heterocycles. The van der Waals surface area contributed by atoms with Gasteiger partial charge in [-0.15, -0.1) is 0 Å². The fraction of sp³-hybridized carbons (Fsp3) is 0.136. The number of phenolic OH excluding ortho intramolecular Hbond substituents is 1. The van der Waals surface area contributed by atoms with Crippen LogP contribution in [0.4, 0.5) is 5.69 Å². The van der Waals surface area contributed by atoms with E-state index in [0.29, 0.717) is 28.1 Å². The van der Waals surface area contributed by atoms with Gasteiger partial charge in [0.1, 0.15) is 16.4 Å². The van der Waals surface area contributed by atoms with Gasteiger partial charge in [0.25, 0.3) is 5.91 Å². The number of phenols is 1. The van der Waals surface area contributed by atoms with E-state index in [1.54, 1.807) is 38.1 Å². The van der Waals surface area contributed by atoms with Crippen molar-refractivity contribution in [3.8, 4) is 11.5 Å². The average Bonchev–Trinajstić information content (AvgIpc) is 2.74. The maximum absolute atomic E-state index is 13.1. The summed E-state index contributed by atoms with van der Waals surface area (Å²) < 4.78 is 32.2. The monoisotopic (exact) mass is 489 g/mol. The van der Waals surface area contributed by atoms with Gasteiger partial charge < -0.3 is 15.2 Å². The molecule has 3 aromatic carbocycles. The molecule has 156 valence electrons. The number of nitrogens with one attached hydrogen (secondary N) is 1. The number of amides is 1. The van der Waals surface area contributed by atoms with E-state index in [1.165, 1.54) is 37.4 Å². The number of hydrogen-bond acceptors (Lipinski definition) is 5. The number of hydrogen-bond donors (Lipinski definition) is 2. The Balaban J connectivity index is 2.04. The second kappa shape index (κ2) is 8.49. The quantitative estimate of drug-likeness (QED) is 0.498. The van der Waals surface area contributed by atoms with Crippen molar-refractivity contribution >= 4 is 37.4 Å². The van der Waals surface area contributed by atoms with Crippen LogP contribution in [-0.4, -0.2) is 26.5 Å². The maximum atomic E-state index is 13.1. The number of carbonyl (C=O) groups is 1. The van der Waals surface area contributed by atoms with Gasteiger partial charge in [-0.3, -0.25) is 4.79 Å². The van der Waals surface area contributed by atoms with Gasteiger partial charge in [0, 0.05) is 15.7 Å². The molecule has 6 nitrogen and oxygen atoms in total. The standard InChI is InChI=1S/C22H20BrNO5S/c1-13-14(2)21(25)20(30(27,28)18-10-8-17(29-3)9-11-18)12-19(13)24-22(26)15-4-6-16(23)7-5-15/h4-12,25H,1-3H3,(H,24,26). The van der Waals surface area contributed by atoms with E-state index in [0.717, 1.165) is 4.47 Å². The molecule has 0 heterocycles. The average molecular weight is 490 g/mol. The number of rotatable bonds is 5. The lowest BCUT2D eigenvalue weighted by atomic mass is 10.1. The summed E-state index contributed by atoms with van der Waals surface area (Å²) in [5.41, 5.74) is 1.68. The second-order valence-corrected chi connectivity index (χ2v) is 9.49. The van der Waals surface area contributed by atoms with Gasteiger partial charge in [0.15, 0.2) is 0 Å². The van der Waals surface area contributed by atoms with Crippen molar-refractivity contribution in [3.05, 3.63) is 75.8 Å². The lowest BCUT2D eigenvalue weighted by molar-refractivity contribution is 0.102. The lowest BCUT2D eigenvalue weighted by Gasteiger charge is -2.16. The van der Waals surface area contributed by atoms with Gasteiger partial charge in [-0.2, -0.15) is 0 Å². The molecule has 0 saturated carbocycles. The summed E-state index contributed by atoms with van der Waals surface area (Å²) in [5.74, 6) is -0.214. The van der Waals surface area contributed by atoms with Gasteiger partial charge in [0.2, 0.25) is 9.84 Å². The molecule has 0 atom stereocenters. The summed E-state index contributed by atoms with van der Waals surface area (Å²) in [4.78, 5) is 12.4. The summed E-state index contributed by atoms with van der Waals surface area (Å²) >= 11 is 3.32. The molecule has 0 aromatic heterocycles. The first kappa shape index (κ1) is 21.9. The first-order valence-corrected chi connectivity index (χ1v) is 11.2. The van der Waals surface area contributed by atoms with Gasteiger partial charge in [0.05, 0.1) is 12.0 Å². The first-order chi connectivity index (χ1) is 14.1. The van der Waals surface area contributed by atoms with Crippen molar-refractivity contribution in [2.24, 2.45) is 0 Å². The zero-order valence-electron chi connectivity index (χ0n) is 16.6. The second-order valence-electron chi connectivity index (χ2n) is 6.66. The van der Waals surface area contributed by atoms with Crippen LogP contribution in [0.15, 0.2) is 68.9 Å². The molecular formula is C22H20BrNO5S. The molecular weight excluding hydrogens is 470 g/mol. The van der Waals surface area contributed by atoms with Gasteiger partial charge in [-0.05, 0) is 79.6 Å². The molecule has 8 heteroatoms. The molecule has 30 heavy (non-hydrogen) atoms. The van der Waals surface area contributed by atoms with Crippen molar-refractivity contribution in [2.75, 3.05) is 12.4 Å². The van der Waals surface area contributed by atoms with Crippen molar-refractivity contribution < 1.29 is 23.1 Å². The molecule has 0 unspecified atom stereocenters. The van der Waals surface area contributed by atoms with Crippen molar-refractivity contribution in [2.45, 2.75) is 23.6 Å². The van der Waals surface area contributed by atoms with Crippen molar-refractivity contribution in [1.82, 2.24) is 0 Å². The van der Waals surface area contributed by atoms with Crippen LogP contribution < -0.4 is 10.1 Å². The number of carbonyl (C=O) groups excluding carboxylic acids is 1. The van der Waals surface area contributed by atoms with Crippen LogP contribution in [0.3, 0.4) is 0 Å². The van der Waals surface area contributed by atoms with Gasteiger partial charge >= 0.3 is 0 Å². The number of halogens is 1. The smallest absolute Gasteiger partial charge is 0.255 e. The van der Waals surface area contributed by atoms with Crippen LogP contribution in [0.1, 0.15) is 21.5 Å². The Hall–Kier alpha value is -2.84. The van der Waals surface area contributed by atoms with E-state index in [1.807, 2.05) is 0 Å². The molecule has 0 aliphatic rings. The zero-order chi connectivity index (χ0) is 22.1. The highest BCUT2D eigenvalue weighted by atomic mass is 79.9. The van der Waals surface area contributed by atoms with E-state index in [2.05, 4.69) is 21.2 Å². The van der Waals surface area contributed by atoms with E-state index in [4.69, 9.17) is 4.74 Å². The number of sulfone groups is 1. The summed E-state index contributed by atoms with van der Waals surface area (Å²) in [6.07, 6.45) is 0. The number of aromatic hydroxyl groups is 1. The predicted octanol–water partition coefficient (Wildman–Crippen LogP) is 4.87. The SMILES string of the molecule is COc1ccc(S(=O)(=O)c2cc(NC(=O)c3ccc(Br)cc3)c(C)c(C)c2O)cc1. The zero-order valence-corrected chi connectivity index (χ0v) is 19.0. The molecule has 0 bridgehead atoms. The minimum absolute atomic E-state index is 0.00652. The Morgan fingerprint density at radius 2 is 1.60 bits per heavy atom. The number of benzene rings is 3. The fourth-order valence-corrected chi connectivity index (χ4v) is 4.58. The first-order valence-electron chi connectivity index (χ1n) is 8.94. The van der Waals surface area contributed by atoms with Crippen molar-refractivity contribution in [3.63, 3.8) is 0 Å². The number of ether oxygens (including phenoxy) is 1.